The summed E-state index contributed by atoms with van der Waals surface area (Å²) < 4.78 is 9.43. The van der Waals surface area contributed by atoms with E-state index in [9.17, 15) is 0 Å². The van der Waals surface area contributed by atoms with Crippen molar-refractivity contribution in [1.82, 2.24) is 5.32 Å². The molecule has 1 unspecified atom stereocenters. The molecule has 0 saturated carbocycles. The van der Waals surface area contributed by atoms with Crippen LogP contribution in [0.25, 0.3) is 58.9 Å². The Labute approximate surface area is 334 Å². The van der Waals surface area contributed by atoms with Gasteiger partial charge in [0.1, 0.15) is 11.7 Å². The van der Waals surface area contributed by atoms with E-state index in [1.54, 1.807) is 0 Å². The molecule has 0 bridgehead atoms. The summed E-state index contributed by atoms with van der Waals surface area (Å²) in [6, 6.07) is 68.6. The van der Waals surface area contributed by atoms with E-state index in [0.29, 0.717) is 0 Å². The fourth-order valence-corrected chi connectivity index (χ4v) is 9.26. The molecule has 1 atom stereocenters. The summed E-state index contributed by atoms with van der Waals surface area (Å²) in [6.45, 7) is 0. The molecule has 10 aromatic rings. The van der Waals surface area contributed by atoms with Crippen LogP contribution in [-0.2, 0) is 0 Å². The van der Waals surface area contributed by atoms with Gasteiger partial charge in [0.25, 0.3) is 0 Å². The smallest absolute Gasteiger partial charge is 0.160 e. The molecule has 0 radical (unpaired) electrons. The van der Waals surface area contributed by atoms with Crippen molar-refractivity contribution in [3.8, 4) is 11.1 Å². The predicted molar refractivity (Wildman–Crippen MR) is 240 cm³/mol. The number of furan rings is 1. The van der Waals surface area contributed by atoms with Gasteiger partial charge in [-0.3, -0.25) is 4.99 Å². The molecular formula is C52H35N3OS. The lowest BCUT2D eigenvalue weighted by molar-refractivity contribution is 0.664. The van der Waals surface area contributed by atoms with Gasteiger partial charge in [-0.25, -0.2) is 0 Å². The number of aliphatic imine (C=N–C) groups is 1. The number of nitrogens with zero attached hydrogens (tertiary/aromatic N) is 2. The molecule has 4 nitrogen and oxygen atoms in total. The van der Waals surface area contributed by atoms with Crippen molar-refractivity contribution in [3.63, 3.8) is 0 Å². The molecule has 270 valence electrons. The first-order chi connectivity index (χ1) is 28.2. The van der Waals surface area contributed by atoms with Gasteiger partial charge in [0.05, 0.1) is 11.4 Å². The Morgan fingerprint density at radius 1 is 0.526 bits per heavy atom. The number of nitrogens with one attached hydrogen (secondary N) is 1. The summed E-state index contributed by atoms with van der Waals surface area (Å²) in [5, 5.41) is 8.43. The van der Waals surface area contributed by atoms with Crippen LogP contribution in [0.4, 0.5) is 17.1 Å². The highest BCUT2D eigenvalue weighted by Gasteiger charge is 2.24. The first-order valence-corrected chi connectivity index (χ1v) is 20.0. The van der Waals surface area contributed by atoms with Crippen molar-refractivity contribution in [2.45, 2.75) is 6.17 Å². The molecule has 11 rings (SSSR count). The standard InChI is InChI=1S/C52H35N3OS/c1-4-14-35(15-5-1)44-33-45(36-16-6-2-7-17-36)54-52(53-44)37-26-24-34(25-27-37)40-29-30-46(51-50(40)42-21-10-12-22-47(42)56-51)55(38-18-8-3-9-19-38)39-28-31-49-43(32-39)41-20-11-13-23-48(41)57-49/h1-33,52-53H. The lowest BCUT2D eigenvalue weighted by Crippen LogP contribution is -2.24. The van der Waals surface area contributed by atoms with Crippen molar-refractivity contribution < 1.29 is 4.42 Å². The molecule has 2 aromatic heterocycles. The van der Waals surface area contributed by atoms with Gasteiger partial charge in [0, 0.05) is 48.0 Å². The number of anilines is 3. The molecule has 3 heterocycles. The Morgan fingerprint density at radius 3 is 1.98 bits per heavy atom. The van der Waals surface area contributed by atoms with Crippen LogP contribution in [0.5, 0.6) is 0 Å². The summed E-state index contributed by atoms with van der Waals surface area (Å²) in [5.41, 5.74) is 12.4. The van der Waals surface area contributed by atoms with Crippen LogP contribution in [0.15, 0.2) is 210 Å². The van der Waals surface area contributed by atoms with Crippen LogP contribution < -0.4 is 10.2 Å². The minimum atomic E-state index is -0.247. The number of para-hydroxylation sites is 2. The quantitative estimate of drug-likeness (QED) is 0.176. The van der Waals surface area contributed by atoms with Crippen LogP contribution in [0.1, 0.15) is 22.9 Å². The maximum Gasteiger partial charge on any atom is 0.160 e. The molecule has 0 saturated heterocycles. The molecule has 57 heavy (non-hydrogen) atoms. The Hall–Kier alpha value is -7.21. The molecule has 1 aliphatic heterocycles. The monoisotopic (exact) mass is 749 g/mol. The molecule has 0 fully saturated rings. The van der Waals surface area contributed by atoms with E-state index < -0.39 is 0 Å². The van der Waals surface area contributed by atoms with E-state index >= 15 is 0 Å². The van der Waals surface area contributed by atoms with Crippen molar-refractivity contribution in [3.05, 3.63) is 217 Å². The summed E-state index contributed by atoms with van der Waals surface area (Å²) >= 11 is 1.84. The lowest BCUT2D eigenvalue weighted by atomic mass is 9.96. The average Bonchev–Trinajstić information content (AvgIpc) is 3.87. The fourth-order valence-electron chi connectivity index (χ4n) is 8.18. The second-order valence-electron chi connectivity index (χ2n) is 14.4. The minimum Gasteiger partial charge on any atom is -0.454 e. The summed E-state index contributed by atoms with van der Waals surface area (Å²) in [7, 11) is 0. The van der Waals surface area contributed by atoms with Gasteiger partial charge >= 0.3 is 0 Å². The normalized spacial score (nSPS) is 14.1. The van der Waals surface area contributed by atoms with Gasteiger partial charge in [0.2, 0.25) is 0 Å². The Morgan fingerprint density at radius 2 is 1.19 bits per heavy atom. The van der Waals surface area contributed by atoms with Gasteiger partial charge in [-0.2, -0.15) is 0 Å². The van der Waals surface area contributed by atoms with Crippen LogP contribution >= 0.6 is 11.3 Å². The van der Waals surface area contributed by atoms with Gasteiger partial charge < -0.3 is 14.6 Å². The second-order valence-corrected chi connectivity index (χ2v) is 15.4. The van der Waals surface area contributed by atoms with Crippen molar-refractivity contribution in [1.29, 1.82) is 0 Å². The number of fused-ring (bicyclic) bond motifs is 6. The Kier molecular flexibility index (Phi) is 8.04. The van der Waals surface area contributed by atoms with Crippen molar-refractivity contribution in [2.24, 2.45) is 4.99 Å². The summed E-state index contributed by atoms with van der Waals surface area (Å²) in [4.78, 5) is 7.54. The highest BCUT2D eigenvalue weighted by molar-refractivity contribution is 7.25. The molecule has 1 aliphatic rings. The maximum atomic E-state index is 6.87. The number of hydrogen-bond donors (Lipinski definition) is 1. The second kappa shape index (κ2) is 13.8. The Balaban J connectivity index is 1.03. The molecule has 1 N–H and O–H groups in total. The molecular weight excluding hydrogens is 715 g/mol. The van der Waals surface area contributed by atoms with Crippen LogP contribution in [-0.4, -0.2) is 5.71 Å². The van der Waals surface area contributed by atoms with Gasteiger partial charge in [-0.15, -0.1) is 11.3 Å². The van der Waals surface area contributed by atoms with Crippen LogP contribution in [0.3, 0.4) is 0 Å². The van der Waals surface area contributed by atoms with Crippen molar-refractivity contribution in [2.75, 3.05) is 4.90 Å². The zero-order valence-corrected chi connectivity index (χ0v) is 31.7. The number of thiophene rings is 1. The topological polar surface area (TPSA) is 40.8 Å². The van der Waals surface area contributed by atoms with E-state index in [1.165, 1.54) is 20.2 Å². The first-order valence-electron chi connectivity index (χ1n) is 19.2. The Bertz CT molecular complexity index is 3150. The number of benzene rings is 8. The van der Waals surface area contributed by atoms with E-state index in [2.05, 4.69) is 192 Å². The van der Waals surface area contributed by atoms with Crippen LogP contribution in [0.2, 0.25) is 0 Å². The number of hydrogen-bond acceptors (Lipinski definition) is 5. The molecule has 0 amide bonds. The zero-order chi connectivity index (χ0) is 37.7. The van der Waals surface area contributed by atoms with Crippen molar-refractivity contribution >= 4 is 81.9 Å². The van der Waals surface area contributed by atoms with Gasteiger partial charge in [-0.05, 0) is 82.4 Å². The fraction of sp³-hybridized carbons (Fsp3) is 0.0192. The lowest BCUT2D eigenvalue weighted by Gasteiger charge is -2.26. The van der Waals surface area contributed by atoms with E-state index in [4.69, 9.17) is 9.41 Å². The summed E-state index contributed by atoms with van der Waals surface area (Å²) in [5.74, 6) is 0. The third kappa shape index (κ3) is 5.88. The summed E-state index contributed by atoms with van der Waals surface area (Å²) in [6.07, 6.45) is 1.90. The first kappa shape index (κ1) is 33.2. The minimum absolute atomic E-state index is 0.247. The predicted octanol–water partition coefficient (Wildman–Crippen LogP) is 14.2. The average molecular weight is 750 g/mol. The maximum absolute atomic E-state index is 6.87. The molecule has 0 spiro atoms. The largest absolute Gasteiger partial charge is 0.454 e. The highest BCUT2D eigenvalue weighted by Crippen LogP contribution is 2.47. The molecule has 0 aliphatic carbocycles. The molecule has 5 heteroatoms. The van der Waals surface area contributed by atoms with Crippen LogP contribution in [0, 0.1) is 0 Å². The SMILES string of the molecule is C1=C(c2ccccc2)NC(c2ccc(-c3ccc(N(c4ccccc4)c4ccc5sc6ccccc6c5c4)c4oc5ccccc5c34)cc2)N=C1c1ccccc1. The third-order valence-corrected chi connectivity index (χ3v) is 12.1. The number of rotatable bonds is 7. The van der Waals surface area contributed by atoms with E-state index in [1.807, 2.05) is 29.5 Å². The van der Waals surface area contributed by atoms with E-state index in [0.717, 1.165) is 78.2 Å². The van der Waals surface area contributed by atoms with E-state index in [-0.39, 0.29) is 6.17 Å². The van der Waals surface area contributed by atoms with Gasteiger partial charge in [-0.1, -0.05) is 146 Å². The number of allylic oxidation sites excluding steroid dienone is 1. The highest BCUT2D eigenvalue weighted by atomic mass is 32.1. The zero-order valence-electron chi connectivity index (χ0n) is 30.8. The third-order valence-electron chi connectivity index (χ3n) is 10.9. The molecule has 8 aromatic carbocycles. The van der Waals surface area contributed by atoms with Gasteiger partial charge in [0.15, 0.2) is 5.58 Å².